The highest BCUT2D eigenvalue weighted by atomic mass is 19.4. The molecule has 3 aromatic carbocycles. The van der Waals surface area contributed by atoms with Gasteiger partial charge in [0, 0.05) is 16.9 Å². The molecule has 166 valence electrons. The second-order valence-electron chi connectivity index (χ2n) is 7.21. The lowest BCUT2D eigenvalue weighted by atomic mass is 10.1. The van der Waals surface area contributed by atoms with Gasteiger partial charge in [0.05, 0.1) is 5.56 Å². The first-order valence-corrected chi connectivity index (χ1v) is 9.70. The number of carbonyl (C=O) groups is 2. The average molecular weight is 442 g/mol. The molecular weight excluding hydrogens is 421 g/mol. The van der Waals surface area contributed by atoms with Crippen LogP contribution < -0.4 is 15.4 Å². The van der Waals surface area contributed by atoms with Crippen molar-refractivity contribution < 1.29 is 27.5 Å². The van der Waals surface area contributed by atoms with Gasteiger partial charge in [-0.15, -0.1) is 0 Å². The number of benzene rings is 3. The van der Waals surface area contributed by atoms with Crippen molar-refractivity contribution in [2.24, 2.45) is 0 Å². The number of ether oxygens (including phenoxy) is 1. The summed E-state index contributed by atoms with van der Waals surface area (Å²) < 4.78 is 43.6. The van der Waals surface area contributed by atoms with E-state index in [1.165, 1.54) is 24.3 Å². The third-order valence-corrected chi connectivity index (χ3v) is 4.59. The summed E-state index contributed by atoms with van der Waals surface area (Å²) in [6, 6.07) is 16.2. The molecule has 8 heteroatoms. The minimum absolute atomic E-state index is 0.0202. The summed E-state index contributed by atoms with van der Waals surface area (Å²) in [5, 5.41) is 5.20. The second kappa shape index (κ2) is 9.55. The van der Waals surface area contributed by atoms with E-state index in [1.807, 2.05) is 32.0 Å². The summed E-state index contributed by atoms with van der Waals surface area (Å²) in [5.74, 6) is -0.556. The number of alkyl halides is 3. The van der Waals surface area contributed by atoms with E-state index in [0.717, 1.165) is 23.3 Å². The van der Waals surface area contributed by atoms with Gasteiger partial charge < -0.3 is 15.4 Å². The van der Waals surface area contributed by atoms with Crippen LogP contribution in [0.5, 0.6) is 5.75 Å². The van der Waals surface area contributed by atoms with Crippen molar-refractivity contribution in [3.05, 3.63) is 89.0 Å². The van der Waals surface area contributed by atoms with Crippen molar-refractivity contribution in [2.45, 2.75) is 20.0 Å². The maximum atomic E-state index is 12.8. The molecule has 0 fully saturated rings. The molecule has 0 radical (unpaired) electrons. The van der Waals surface area contributed by atoms with Crippen LogP contribution in [0.4, 0.5) is 24.5 Å². The quantitative estimate of drug-likeness (QED) is 0.523. The van der Waals surface area contributed by atoms with Gasteiger partial charge in [0.2, 0.25) is 0 Å². The Bertz CT molecular complexity index is 1130. The molecule has 5 nitrogen and oxygen atoms in total. The van der Waals surface area contributed by atoms with E-state index in [9.17, 15) is 22.8 Å². The van der Waals surface area contributed by atoms with Crippen molar-refractivity contribution in [2.75, 3.05) is 17.2 Å². The fourth-order valence-electron chi connectivity index (χ4n) is 2.97. The van der Waals surface area contributed by atoms with Gasteiger partial charge in [0.15, 0.2) is 6.61 Å². The van der Waals surface area contributed by atoms with Crippen molar-refractivity contribution >= 4 is 23.2 Å². The maximum Gasteiger partial charge on any atom is 0.416 e. The standard InChI is InChI=1S/C24H21F3N2O3/c1-15-6-11-21(16(2)12-15)29-23(31)17-7-9-20(10-8-17)32-14-22(30)28-19-5-3-4-18(13-19)24(25,26)27/h3-13H,14H2,1-2H3,(H,28,30)(H,29,31). The maximum absolute atomic E-state index is 12.8. The second-order valence-corrected chi connectivity index (χ2v) is 7.21. The van der Waals surface area contributed by atoms with Crippen LogP contribution in [0.3, 0.4) is 0 Å². The van der Waals surface area contributed by atoms with E-state index in [2.05, 4.69) is 10.6 Å². The molecule has 0 unspecified atom stereocenters. The summed E-state index contributed by atoms with van der Waals surface area (Å²) in [6.45, 7) is 3.48. The van der Waals surface area contributed by atoms with E-state index >= 15 is 0 Å². The Kier molecular flexibility index (Phi) is 6.82. The van der Waals surface area contributed by atoms with Crippen LogP contribution >= 0.6 is 0 Å². The molecule has 0 atom stereocenters. The minimum atomic E-state index is -4.50. The molecule has 2 N–H and O–H groups in total. The highest BCUT2D eigenvalue weighted by Crippen LogP contribution is 2.30. The third-order valence-electron chi connectivity index (χ3n) is 4.59. The molecule has 0 aromatic heterocycles. The highest BCUT2D eigenvalue weighted by Gasteiger charge is 2.30. The molecule has 0 bridgehead atoms. The van der Waals surface area contributed by atoms with Gasteiger partial charge in [0.1, 0.15) is 5.75 Å². The van der Waals surface area contributed by atoms with Gasteiger partial charge in [-0.3, -0.25) is 9.59 Å². The molecule has 3 aromatic rings. The number of hydrogen-bond donors (Lipinski definition) is 2. The smallest absolute Gasteiger partial charge is 0.416 e. The van der Waals surface area contributed by atoms with Gasteiger partial charge in [0.25, 0.3) is 11.8 Å². The molecule has 0 spiro atoms. The Morgan fingerprint density at radius 3 is 2.28 bits per heavy atom. The first kappa shape index (κ1) is 22.9. The Labute approximate surface area is 183 Å². The number of amides is 2. The molecule has 0 aliphatic rings. The van der Waals surface area contributed by atoms with E-state index < -0.39 is 24.3 Å². The van der Waals surface area contributed by atoms with Crippen LogP contribution in [-0.2, 0) is 11.0 Å². The number of nitrogens with one attached hydrogen (secondary N) is 2. The van der Waals surface area contributed by atoms with Gasteiger partial charge in [-0.25, -0.2) is 0 Å². The van der Waals surface area contributed by atoms with Crippen molar-refractivity contribution in [1.29, 1.82) is 0 Å². The largest absolute Gasteiger partial charge is 0.484 e. The zero-order chi connectivity index (χ0) is 23.3. The van der Waals surface area contributed by atoms with Crippen molar-refractivity contribution in [3.63, 3.8) is 0 Å². The molecule has 0 aliphatic carbocycles. The first-order chi connectivity index (χ1) is 15.1. The summed E-state index contributed by atoms with van der Waals surface area (Å²) >= 11 is 0. The van der Waals surface area contributed by atoms with E-state index in [-0.39, 0.29) is 11.6 Å². The zero-order valence-corrected chi connectivity index (χ0v) is 17.4. The molecular formula is C24H21F3N2O3. The summed E-state index contributed by atoms with van der Waals surface area (Å²) in [6.07, 6.45) is -4.50. The van der Waals surface area contributed by atoms with Crippen molar-refractivity contribution in [1.82, 2.24) is 0 Å². The van der Waals surface area contributed by atoms with E-state index in [4.69, 9.17) is 4.74 Å². The van der Waals surface area contributed by atoms with Crippen LogP contribution in [0.1, 0.15) is 27.0 Å². The van der Waals surface area contributed by atoms with Gasteiger partial charge in [-0.05, 0) is 67.9 Å². The first-order valence-electron chi connectivity index (χ1n) is 9.70. The molecule has 2 amide bonds. The highest BCUT2D eigenvalue weighted by molar-refractivity contribution is 6.04. The number of halogens is 3. The van der Waals surface area contributed by atoms with Gasteiger partial charge in [-0.1, -0.05) is 23.8 Å². The normalized spacial score (nSPS) is 11.0. The van der Waals surface area contributed by atoms with Crippen LogP contribution in [0, 0.1) is 13.8 Å². The Morgan fingerprint density at radius 1 is 0.906 bits per heavy atom. The third kappa shape index (κ3) is 6.10. The zero-order valence-electron chi connectivity index (χ0n) is 17.4. The lowest BCUT2D eigenvalue weighted by Crippen LogP contribution is -2.20. The summed E-state index contributed by atoms with van der Waals surface area (Å²) in [4.78, 5) is 24.4. The SMILES string of the molecule is Cc1ccc(NC(=O)c2ccc(OCC(=O)Nc3cccc(C(F)(F)F)c3)cc2)c(C)c1. The minimum Gasteiger partial charge on any atom is -0.484 e. The number of hydrogen-bond acceptors (Lipinski definition) is 3. The van der Waals surface area contributed by atoms with Crippen LogP contribution in [0.15, 0.2) is 66.7 Å². The molecule has 32 heavy (non-hydrogen) atoms. The Hall–Kier alpha value is -3.81. The lowest BCUT2D eigenvalue weighted by Gasteiger charge is -2.11. The number of aryl methyl sites for hydroxylation is 2. The fourth-order valence-corrected chi connectivity index (χ4v) is 2.97. The Balaban J connectivity index is 1.54. The molecule has 0 saturated heterocycles. The predicted molar refractivity (Wildman–Crippen MR) is 116 cm³/mol. The lowest BCUT2D eigenvalue weighted by molar-refractivity contribution is -0.137. The van der Waals surface area contributed by atoms with Crippen molar-refractivity contribution in [3.8, 4) is 5.75 Å². The van der Waals surface area contributed by atoms with Crippen LogP contribution in [0.25, 0.3) is 0 Å². The Morgan fingerprint density at radius 2 is 1.62 bits per heavy atom. The van der Waals surface area contributed by atoms with Crippen LogP contribution in [-0.4, -0.2) is 18.4 Å². The number of anilines is 2. The fraction of sp³-hybridized carbons (Fsp3) is 0.167. The molecule has 0 heterocycles. The predicted octanol–water partition coefficient (Wildman–Crippen LogP) is 5.59. The summed E-state index contributed by atoms with van der Waals surface area (Å²) in [7, 11) is 0. The van der Waals surface area contributed by atoms with Crippen LogP contribution in [0.2, 0.25) is 0 Å². The monoisotopic (exact) mass is 442 g/mol. The summed E-state index contributed by atoms with van der Waals surface area (Å²) in [5.41, 5.74) is 2.33. The topological polar surface area (TPSA) is 67.4 Å². The average Bonchev–Trinajstić information content (AvgIpc) is 2.74. The van der Waals surface area contributed by atoms with Gasteiger partial charge in [-0.2, -0.15) is 13.2 Å². The van der Waals surface area contributed by atoms with E-state index in [1.54, 1.807) is 12.1 Å². The van der Waals surface area contributed by atoms with Gasteiger partial charge >= 0.3 is 6.18 Å². The molecule has 0 saturated carbocycles. The molecule has 3 rings (SSSR count). The van der Waals surface area contributed by atoms with E-state index in [0.29, 0.717) is 17.0 Å². The molecule has 0 aliphatic heterocycles. The number of rotatable bonds is 6. The number of carbonyl (C=O) groups excluding carboxylic acids is 2.